The lowest BCUT2D eigenvalue weighted by Gasteiger charge is -2.19. The molecule has 0 fully saturated rings. The topological polar surface area (TPSA) is 88.7 Å². The van der Waals surface area contributed by atoms with E-state index in [4.69, 9.17) is 4.74 Å². The molecular weight excluding hydrogens is 318 g/mol. The Bertz CT molecular complexity index is 662. The molecule has 0 radical (unpaired) electrons. The first-order valence-corrected chi connectivity index (χ1v) is 7.97. The zero-order chi connectivity index (χ0) is 16.8. The first-order chi connectivity index (χ1) is 10.9. The number of aryl methyl sites for hydroxylation is 1. The number of aliphatic hydroxyl groups is 1. The molecule has 0 aliphatic carbocycles. The zero-order valence-electron chi connectivity index (χ0n) is 13.0. The molecule has 1 aromatic heterocycles. The smallest absolute Gasteiger partial charge is 0.273 e. The normalized spacial score (nSPS) is 12.3. The first kappa shape index (κ1) is 17.3. The molecule has 1 N–H and O–H groups in total. The van der Waals surface area contributed by atoms with Crippen LogP contribution < -0.4 is 4.74 Å². The number of nitro benzene ring substituents is 1. The standard InChI is InChI=1S/C15H19N3O4S/c1-11-10-23-15(16-11)8-17(2)7-13(19)9-22-14-5-3-4-12(6-14)18(20)21/h3-6,10,13,19H,7-9H2,1-2H3. The van der Waals surface area contributed by atoms with Crippen LogP contribution in [0, 0.1) is 17.0 Å². The summed E-state index contributed by atoms with van der Waals surface area (Å²) in [5.41, 5.74) is 0.959. The Morgan fingerprint density at radius 3 is 2.96 bits per heavy atom. The largest absolute Gasteiger partial charge is 0.491 e. The molecule has 0 bridgehead atoms. The number of rotatable bonds is 8. The van der Waals surface area contributed by atoms with Crippen molar-refractivity contribution in [2.24, 2.45) is 0 Å². The van der Waals surface area contributed by atoms with Gasteiger partial charge in [-0.25, -0.2) is 4.98 Å². The lowest BCUT2D eigenvalue weighted by molar-refractivity contribution is -0.384. The fraction of sp³-hybridized carbons (Fsp3) is 0.400. The number of hydrogen-bond donors (Lipinski definition) is 1. The third-order valence-electron chi connectivity index (χ3n) is 3.06. The molecule has 0 spiro atoms. The Morgan fingerprint density at radius 2 is 2.30 bits per heavy atom. The van der Waals surface area contributed by atoms with E-state index in [2.05, 4.69) is 4.98 Å². The number of aliphatic hydroxyl groups excluding tert-OH is 1. The highest BCUT2D eigenvalue weighted by Gasteiger charge is 2.12. The van der Waals surface area contributed by atoms with Crippen molar-refractivity contribution in [3.63, 3.8) is 0 Å². The number of benzene rings is 1. The molecule has 7 nitrogen and oxygen atoms in total. The van der Waals surface area contributed by atoms with Gasteiger partial charge in [-0.3, -0.25) is 15.0 Å². The van der Waals surface area contributed by atoms with Gasteiger partial charge in [-0.2, -0.15) is 0 Å². The monoisotopic (exact) mass is 337 g/mol. The van der Waals surface area contributed by atoms with Crippen LogP contribution in [0.3, 0.4) is 0 Å². The Labute approximate surface area is 138 Å². The molecular formula is C15H19N3O4S. The highest BCUT2D eigenvalue weighted by molar-refractivity contribution is 7.09. The van der Waals surface area contributed by atoms with Gasteiger partial charge in [0.1, 0.15) is 23.5 Å². The van der Waals surface area contributed by atoms with E-state index in [0.717, 1.165) is 10.7 Å². The summed E-state index contributed by atoms with van der Waals surface area (Å²) in [7, 11) is 1.90. The minimum Gasteiger partial charge on any atom is -0.491 e. The Kier molecular flexibility index (Phi) is 6.03. The van der Waals surface area contributed by atoms with Crippen molar-refractivity contribution in [2.45, 2.75) is 19.6 Å². The molecule has 23 heavy (non-hydrogen) atoms. The van der Waals surface area contributed by atoms with Crippen LogP contribution in [0.15, 0.2) is 29.6 Å². The third kappa shape index (κ3) is 5.59. The highest BCUT2D eigenvalue weighted by Crippen LogP contribution is 2.19. The van der Waals surface area contributed by atoms with Gasteiger partial charge in [0.15, 0.2) is 0 Å². The van der Waals surface area contributed by atoms with E-state index < -0.39 is 11.0 Å². The molecule has 2 aromatic rings. The van der Waals surface area contributed by atoms with Crippen LogP contribution in [0.1, 0.15) is 10.7 Å². The molecule has 0 saturated heterocycles. The maximum absolute atomic E-state index is 10.7. The van der Waals surface area contributed by atoms with Gasteiger partial charge in [0.05, 0.1) is 17.5 Å². The average molecular weight is 337 g/mol. The number of nitrogens with zero attached hydrogens (tertiary/aromatic N) is 3. The number of ether oxygens (including phenoxy) is 1. The van der Waals surface area contributed by atoms with Gasteiger partial charge in [0.2, 0.25) is 0 Å². The maximum atomic E-state index is 10.7. The summed E-state index contributed by atoms with van der Waals surface area (Å²) in [6, 6.07) is 5.92. The quantitative estimate of drug-likeness (QED) is 0.587. The van der Waals surface area contributed by atoms with Crippen LogP contribution >= 0.6 is 11.3 Å². The molecule has 0 saturated carbocycles. The molecule has 1 atom stereocenters. The Hall–Kier alpha value is -2.03. The molecule has 1 unspecified atom stereocenters. The highest BCUT2D eigenvalue weighted by atomic mass is 32.1. The summed E-state index contributed by atoms with van der Waals surface area (Å²) < 4.78 is 5.42. The van der Waals surface area contributed by atoms with Crippen LogP contribution in [0.2, 0.25) is 0 Å². The zero-order valence-corrected chi connectivity index (χ0v) is 13.8. The Morgan fingerprint density at radius 1 is 1.52 bits per heavy atom. The Balaban J connectivity index is 1.79. The lowest BCUT2D eigenvalue weighted by Crippen LogP contribution is -2.32. The summed E-state index contributed by atoms with van der Waals surface area (Å²) in [5, 5.41) is 23.7. The molecule has 8 heteroatoms. The van der Waals surface area contributed by atoms with E-state index >= 15 is 0 Å². The van der Waals surface area contributed by atoms with E-state index in [1.54, 1.807) is 23.5 Å². The van der Waals surface area contributed by atoms with Gasteiger partial charge < -0.3 is 9.84 Å². The van der Waals surface area contributed by atoms with Crippen molar-refractivity contribution >= 4 is 17.0 Å². The third-order valence-corrected chi connectivity index (χ3v) is 4.02. The lowest BCUT2D eigenvalue weighted by atomic mass is 10.3. The fourth-order valence-corrected chi connectivity index (χ4v) is 2.91. The van der Waals surface area contributed by atoms with Crippen molar-refractivity contribution in [1.29, 1.82) is 0 Å². The number of non-ortho nitro benzene ring substituents is 1. The molecule has 2 rings (SSSR count). The predicted octanol–water partition coefficient (Wildman–Crippen LogP) is 2.23. The summed E-state index contributed by atoms with van der Waals surface area (Å²) in [6.07, 6.45) is -0.694. The molecule has 0 aliphatic heterocycles. The van der Waals surface area contributed by atoms with Crippen molar-refractivity contribution in [3.8, 4) is 5.75 Å². The molecule has 0 aliphatic rings. The van der Waals surface area contributed by atoms with Crippen molar-refractivity contribution in [1.82, 2.24) is 9.88 Å². The second-order valence-corrected chi connectivity index (χ2v) is 6.24. The van der Waals surface area contributed by atoms with E-state index in [1.165, 1.54) is 12.1 Å². The number of aromatic nitrogens is 1. The minimum absolute atomic E-state index is 0.0340. The summed E-state index contributed by atoms with van der Waals surface area (Å²) >= 11 is 1.59. The maximum Gasteiger partial charge on any atom is 0.273 e. The predicted molar refractivity (Wildman–Crippen MR) is 87.8 cm³/mol. The molecule has 0 amide bonds. The van der Waals surface area contributed by atoms with Crippen LogP contribution in [0.25, 0.3) is 0 Å². The van der Waals surface area contributed by atoms with E-state index in [-0.39, 0.29) is 12.3 Å². The minimum atomic E-state index is -0.694. The van der Waals surface area contributed by atoms with Gasteiger partial charge in [0.25, 0.3) is 5.69 Å². The van der Waals surface area contributed by atoms with Crippen molar-refractivity contribution in [2.75, 3.05) is 20.2 Å². The number of thiazole rings is 1. The summed E-state index contributed by atoms with van der Waals surface area (Å²) in [5.74, 6) is 0.372. The number of nitro groups is 1. The second kappa shape index (κ2) is 8.00. The second-order valence-electron chi connectivity index (χ2n) is 5.30. The fourth-order valence-electron chi connectivity index (χ4n) is 2.06. The SMILES string of the molecule is Cc1csc(CN(C)CC(O)COc2cccc([N+](=O)[O-])c2)n1. The van der Waals surface area contributed by atoms with Crippen LogP contribution in [0.4, 0.5) is 5.69 Å². The van der Waals surface area contributed by atoms with Crippen LogP contribution in [-0.4, -0.2) is 46.2 Å². The van der Waals surface area contributed by atoms with Crippen molar-refractivity contribution < 1.29 is 14.8 Å². The van der Waals surface area contributed by atoms with Gasteiger partial charge in [-0.15, -0.1) is 11.3 Å². The van der Waals surface area contributed by atoms with E-state index in [1.807, 2.05) is 24.3 Å². The molecule has 1 heterocycles. The number of hydrogen-bond acceptors (Lipinski definition) is 7. The van der Waals surface area contributed by atoms with E-state index in [0.29, 0.717) is 18.8 Å². The molecule has 1 aromatic carbocycles. The summed E-state index contributed by atoms with van der Waals surface area (Å²) in [6.45, 7) is 3.10. The van der Waals surface area contributed by atoms with Crippen LogP contribution in [0.5, 0.6) is 5.75 Å². The molecule has 124 valence electrons. The average Bonchev–Trinajstić information content (AvgIpc) is 2.90. The van der Waals surface area contributed by atoms with Gasteiger partial charge in [-0.05, 0) is 20.0 Å². The first-order valence-electron chi connectivity index (χ1n) is 7.09. The number of likely N-dealkylation sites (N-methyl/N-ethyl adjacent to an activating group) is 1. The van der Waals surface area contributed by atoms with Crippen molar-refractivity contribution in [3.05, 3.63) is 50.5 Å². The van der Waals surface area contributed by atoms with Gasteiger partial charge in [0, 0.05) is 23.7 Å². The van der Waals surface area contributed by atoms with Crippen LogP contribution in [-0.2, 0) is 6.54 Å². The van der Waals surface area contributed by atoms with Gasteiger partial charge in [-0.1, -0.05) is 6.07 Å². The summed E-state index contributed by atoms with van der Waals surface area (Å²) in [4.78, 5) is 16.6. The van der Waals surface area contributed by atoms with Gasteiger partial charge >= 0.3 is 0 Å². The van der Waals surface area contributed by atoms with E-state index in [9.17, 15) is 15.2 Å².